The van der Waals surface area contributed by atoms with Crippen LogP contribution in [0.3, 0.4) is 0 Å². The van der Waals surface area contributed by atoms with E-state index in [9.17, 15) is 13.2 Å². The fourth-order valence-corrected chi connectivity index (χ4v) is 2.93. The highest BCUT2D eigenvalue weighted by Gasteiger charge is 2.37. The molecule has 1 aliphatic rings. The molecule has 0 unspecified atom stereocenters. The highest BCUT2D eigenvalue weighted by molar-refractivity contribution is 7.92. The van der Waals surface area contributed by atoms with Crippen LogP contribution in [0.1, 0.15) is 27.2 Å². The molecule has 1 aromatic carbocycles. The molecule has 6 nitrogen and oxygen atoms in total. The Kier molecular flexibility index (Phi) is 4.37. The van der Waals surface area contributed by atoms with Gasteiger partial charge >= 0.3 is 0 Å². The topological polar surface area (TPSA) is 75.7 Å². The fraction of sp³-hybridized carbons (Fsp3) is 0.533. The Labute approximate surface area is 131 Å². The molecule has 122 valence electrons. The zero-order chi connectivity index (χ0) is 16.5. The van der Waals surface area contributed by atoms with Crippen molar-refractivity contribution in [3.63, 3.8) is 0 Å². The first-order valence-corrected chi connectivity index (χ1v) is 9.10. The first kappa shape index (κ1) is 16.6. The van der Waals surface area contributed by atoms with Gasteiger partial charge in [-0.05, 0) is 32.4 Å². The molecule has 1 N–H and O–H groups in total. The Morgan fingerprint density at radius 3 is 2.64 bits per heavy atom. The summed E-state index contributed by atoms with van der Waals surface area (Å²) in [5.41, 5.74) is 0.472. The van der Waals surface area contributed by atoms with Gasteiger partial charge in [0.15, 0.2) is 0 Å². The minimum absolute atomic E-state index is 0.0110. The third kappa shape index (κ3) is 3.52. The Morgan fingerprint density at radius 2 is 2.05 bits per heavy atom. The van der Waals surface area contributed by atoms with E-state index in [0.29, 0.717) is 23.7 Å². The number of amides is 1. The molecule has 0 saturated heterocycles. The molecule has 2 rings (SSSR count). The lowest BCUT2D eigenvalue weighted by atomic mass is 9.93. The van der Waals surface area contributed by atoms with Crippen LogP contribution >= 0.6 is 0 Å². The smallest absolute Gasteiger partial charge is 0.236 e. The maximum Gasteiger partial charge on any atom is 0.236 e. The molecule has 7 heteroatoms. The highest BCUT2D eigenvalue weighted by Crippen LogP contribution is 2.38. The van der Waals surface area contributed by atoms with Gasteiger partial charge in [-0.2, -0.15) is 0 Å². The van der Waals surface area contributed by atoms with E-state index in [0.717, 1.165) is 12.7 Å². The van der Waals surface area contributed by atoms with Crippen molar-refractivity contribution in [2.75, 3.05) is 29.0 Å². The number of sulfonamides is 1. The number of carbonyl (C=O) groups is 1. The second-order valence-electron chi connectivity index (χ2n) is 6.19. The molecule has 0 bridgehead atoms. The molecular weight excluding hydrogens is 304 g/mol. The summed E-state index contributed by atoms with van der Waals surface area (Å²) in [6, 6.07) is 4.98. The monoisotopic (exact) mass is 326 g/mol. The van der Waals surface area contributed by atoms with Gasteiger partial charge in [-0.15, -0.1) is 0 Å². The Bertz CT molecular complexity index is 683. The molecule has 1 heterocycles. The number of fused-ring (bicyclic) bond motifs is 1. The summed E-state index contributed by atoms with van der Waals surface area (Å²) in [5.74, 6) is 0.526. The zero-order valence-electron chi connectivity index (χ0n) is 13.3. The normalized spacial score (nSPS) is 17.5. The largest absolute Gasteiger partial charge is 0.490 e. The van der Waals surface area contributed by atoms with E-state index in [1.54, 1.807) is 23.1 Å². The molecule has 0 aliphatic carbocycles. The van der Waals surface area contributed by atoms with E-state index in [1.165, 1.54) is 0 Å². The third-order valence-corrected chi connectivity index (χ3v) is 4.02. The first-order chi connectivity index (χ1) is 10.1. The van der Waals surface area contributed by atoms with Crippen molar-refractivity contribution in [1.29, 1.82) is 0 Å². The standard InChI is InChI=1S/C15H22N2O4S/c1-5-8-17-12-7-6-11(16-22(4,19)20)9-13(12)21-10-15(2,3)14(17)18/h6-7,9,16H,5,8,10H2,1-4H3. The van der Waals surface area contributed by atoms with Gasteiger partial charge in [0.25, 0.3) is 0 Å². The van der Waals surface area contributed by atoms with Crippen LogP contribution in [0.4, 0.5) is 11.4 Å². The molecule has 0 fully saturated rings. The molecule has 1 amide bonds. The van der Waals surface area contributed by atoms with Crippen LogP contribution in [0, 0.1) is 5.41 Å². The van der Waals surface area contributed by atoms with Gasteiger partial charge in [0, 0.05) is 12.6 Å². The van der Waals surface area contributed by atoms with E-state index in [2.05, 4.69) is 4.72 Å². The van der Waals surface area contributed by atoms with Gasteiger partial charge in [0.05, 0.1) is 23.0 Å². The van der Waals surface area contributed by atoms with Gasteiger partial charge in [-0.1, -0.05) is 6.92 Å². The molecule has 1 aromatic rings. The summed E-state index contributed by atoms with van der Waals surface area (Å²) in [6.45, 7) is 6.54. The summed E-state index contributed by atoms with van der Waals surface area (Å²) < 4.78 is 30.9. The molecule has 1 aliphatic heterocycles. The van der Waals surface area contributed by atoms with Crippen molar-refractivity contribution < 1.29 is 17.9 Å². The van der Waals surface area contributed by atoms with Crippen molar-refractivity contribution in [1.82, 2.24) is 0 Å². The number of rotatable bonds is 4. The number of hydrogen-bond donors (Lipinski definition) is 1. The van der Waals surface area contributed by atoms with Crippen molar-refractivity contribution in [2.45, 2.75) is 27.2 Å². The third-order valence-electron chi connectivity index (χ3n) is 3.41. The van der Waals surface area contributed by atoms with Crippen LogP contribution in [0.15, 0.2) is 18.2 Å². The molecular formula is C15H22N2O4S. The van der Waals surface area contributed by atoms with Gasteiger partial charge < -0.3 is 9.64 Å². The molecule has 0 spiro atoms. The Hall–Kier alpha value is -1.76. The molecule has 0 aromatic heterocycles. The van der Waals surface area contributed by atoms with E-state index in [1.807, 2.05) is 20.8 Å². The van der Waals surface area contributed by atoms with Crippen LogP contribution in [0.2, 0.25) is 0 Å². The van der Waals surface area contributed by atoms with Crippen LogP contribution in [0.25, 0.3) is 0 Å². The number of carbonyl (C=O) groups excluding carboxylic acids is 1. The summed E-state index contributed by atoms with van der Waals surface area (Å²) in [4.78, 5) is 14.4. The number of nitrogens with one attached hydrogen (secondary N) is 1. The Morgan fingerprint density at radius 1 is 1.36 bits per heavy atom. The lowest BCUT2D eigenvalue weighted by Gasteiger charge is -2.27. The maximum atomic E-state index is 12.7. The predicted molar refractivity (Wildman–Crippen MR) is 86.8 cm³/mol. The van der Waals surface area contributed by atoms with Gasteiger partial charge in [0.1, 0.15) is 12.4 Å². The lowest BCUT2D eigenvalue weighted by Crippen LogP contribution is -2.42. The van der Waals surface area contributed by atoms with Crippen LogP contribution in [-0.4, -0.2) is 33.7 Å². The van der Waals surface area contributed by atoms with E-state index in [4.69, 9.17) is 4.74 Å². The van der Waals surface area contributed by atoms with Gasteiger partial charge in [-0.25, -0.2) is 8.42 Å². The maximum absolute atomic E-state index is 12.7. The van der Waals surface area contributed by atoms with Crippen LogP contribution < -0.4 is 14.4 Å². The van der Waals surface area contributed by atoms with Crippen molar-refractivity contribution in [2.24, 2.45) is 5.41 Å². The summed E-state index contributed by atoms with van der Waals surface area (Å²) >= 11 is 0. The summed E-state index contributed by atoms with van der Waals surface area (Å²) in [5, 5.41) is 0. The second-order valence-corrected chi connectivity index (χ2v) is 7.93. The number of ether oxygens (including phenoxy) is 1. The van der Waals surface area contributed by atoms with Gasteiger partial charge in [0.2, 0.25) is 15.9 Å². The second kappa shape index (κ2) is 5.79. The molecule has 22 heavy (non-hydrogen) atoms. The van der Waals surface area contributed by atoms with E-state index in [-0.39, 0.29) is 12.5 Å². The number of hydrogen-bond acceptors (Lipinski definition) is 4. The average molecular weight is 326 g/mol. The molecule has 0 atom stereocenters. The van der Waals surface area contributed by atoms with E-state index < -0.39 is 15.4 Å². The minimum Gasteiger partial charge on any atom is -0.490 e. The summed E-state index contributed by atoms with van der Waals surface area (Å²) in [7, 11) is -3.36. The van der Waals surface area contributed by atoms with Crippen LogP contribution in [0.5, 0.6) is 5.75 Å². The highest BCUT2D eigenvalue weighted by atomic mass is 32.2. The molecule has 0 saturated carbocycles. The minimum atomic E-state index is -3.36. The first-order valence-electron chi connectivity index (χ1n) is 7.20. The van der Waals surface area contributed by atoms with Crippen molar-refractivity contribution >= 4 is 27.3 Å². The average Bonchev–Trinajstić information content (AvgIpc) is 2.48. The number of nitrogens with zero attached hydrogens (tertiary/aromatic N) is 1. The predicted octanol–water partition coefficient (Wildman–Crippen LogP) is 2.22. The SMILES string of the molecule is CCCN1C(=O)C(C)(C)COc2cc(NS(C)(=O)=O)ccc21. The number of benzene rings is 1. The van der Waals surface area contributed by atoms with Crippen molar-refractivity contribution in [3.8, 4) is 5.75 Å². The quantitative estimate of drug-likeness (QED) is 0.920. The van der Waals surface area contributed by atoms with Crippen molar-refractivity contribution in [3.05, 3.63) is 18.2 Å². The lowest BCUT2D eigenvalue weighted by molar-refractivity contribution is -0.127. The summed E-state index contributed by atoms with van der Waals surface area (Å²) in [6.07, 6.45) is 1.92. The number of anilines is 2. The zero-order valence-corrected chi connectivity index (χ0v) is 14.2. The molecule has 0 radical (unpaired) electrons. The van der Waals surface area contributed by atoms with Crippen LogP contribution in [-0.2, 0) is 14.8 Å². The van der Waals surface area contributed by atoms with Gasteiger partial charge in [-0.3, -0.25) is 9.52 Å². The van der Waals surface area contributed by atoms with E-state index >= 15 is 0 Å². The fourth-order valence-electron chi connectivity index (χ4n) is 2.37. The Balaban J connectivity index is 2.45.